The quantitative estimate of drug-likeness (QED) is 0.918. The molecule has 2 heterocycles. The number of carbonyl (C=O) groups is 2. The number of primary amides is 1. The Morgan fingerprint density at radius 1 is 1.32 bits per heavy atom. The summed E-state index contributed by atoms with van der Waals surface area (Å²) >= 11 is 0. The molecule has 0 radical (unpaired) electrons. The van der Waals surface area contributed by atoms with Gasteiger partial charge in [0.2, 0.25) is 0 Å². The molecule has 1 unspecified atom stereocenters. The van der Waals surface area contributed by atoms with E-state index in [1.54, 1.807) is 12.1 Å². The summed E-state index contributed by atoms with van der Waals surface area (Å²) in [5, 5.41) is 0. The van der Waals surface area contributed by atoms with Crippen molar-refractivity contribution in [3.05, 3.63) is 29.6 Å². The Balaban J connectivity index is 1.80. The molecule has 3 rings (SSSR count). The predicted octanol–water partition coefficient (Wildman–Crippen LogP) is 1.53. The number of benzene rings is 1. The minimum Gasteiger partial charge on any atom is -0.434 e. The lowest BCUT2D eigenvalue weighted by Gasteiger charge is -2.23. The number of halogens is 1. The molecule has 2 aliphatic rings. The van der Waals surface area contributed by atoms with Crippen LogP contribution in [-0.4, -0.2) is 37.9 Å². The maximum Gasteiger partial charge on any atom is 0.415 e. The summed E-state index contributed by atoms with van der Waals surface area (Å²) in [4.78, 5) is 24.0. The van der Waals surface area contributed by atoms with Gasteiger partial charge in [0, 0.05) is 13.2 Å². The molecule has 0 saturated carbocycles. The van der Waals surface area contributed by atoms with Gasteiger partial charge >= 0.3 is 6.09 Å². The first kappa shape index (κ1) is 14.8. The van der Waals surface area contributed by atoms with Gasteiger partial charge in [-0.1, -0.05) is 6.07 Å². The molecule has 118 valence electrons. The van der Waals surface area contributed by atoms with Gasteiger partial charge in [-0.05, 0) is 36.5 Å². The lowest BCUT2D eigenvalue weighted by molar-refractivity contribution is -0.124. The van der Waals surface area contributed by atoms with Crippen molar-refractivity contribution in [3.8, 4) is 0 Å². The molecule has 0 aromatic heterocycles. The van der Waals surface area contributed by atoms with Crippen molar-refractivity contribution in [2.45, 2.75) is 24.9 Å². The van der Waals surface area contributed by atoms with Crippen LogP contribution in [0.4, 0.5) is 14.9 Å². The number of ether oxygens (including phenoxy) is 2. The number of cyclic esters (lactones) is 1. The Labute approximate surface area is 127 Å². The number of anilines is 1. The van der Waals surface area contributed by atoms with E-state index < -0.39 is 18.1 Å². The van der Waals surface area contributed by atoms with Crippen LogP contribution < -0.4 is 10.6 Å². The van der Waals surface area contributed by atoms with Crippen LogP contribution in [0.15, 0.2) is 18.2 Å². The molecule has 2 saturated heterocycles. The third kappa shape index (κ3) is 2.76. The molecule has 1 aromatic carbocycles. The maximum atomic E-state index is 14.4. The summed E-state index contributed by atoms with van der Waals surface area (Å²) in [6.45, 7) is 1.26. The molecule has 1 aromatic rings. The first-order chi connectivity index (χ1) is 10.6. The fourth-order valence-electron chi connectivity index (χ4n) is 2.85. The molecular formula is C15H17FN2O4. The summed E-state index contributed by atoms with van der Waals surface area (Å²) in [7, 11) is 0. The zero-order valence-electron chi connectivity index (χ0n) is 12.0. The van der Waals surface area contributed by atoms with E-state index >= 15 is 0 Å². The highest BCUT2D eigenvalue weighted by Crippen LogP contribution is 2.32. The third-order valence-corrected chi connectivity index (χ3v) is 4.09. The smallest absolute Gasteiger partial charge is 0.415 e. The van der Waals surface area contributed by atoms with Crippen LogP contribution >= 0.6 is 0 Å². The minimum absolute atomic E-state index is 0.00419. The molecule has 2 amide bonds. The maximum absolute atomic E-state index is 14.4. The van der Waals surface area contributed by atoms with E-state index in [0.29, 0.717) is 24.5 Å². The van der Waals surface area contributed by atoms with Gasteiger partial charge in [-0.3, -0.25) is 9.69 Å². The molecule has 7 heteroatoms. The van der Waals surface area contributed by atoms with Gasteiger partial charge in [-0.2, -0.15) is 0 Å². The molecule has 2 aliphatic heterocycles. The Morgan fingerprint density at radius 3 is 2.64 bits per heavy atom. The third-order valence-electron chi connectivity index (χ3n) is 4.09. The normalized spacial score (nSPS) is 22.7. The van der Waals surface area contributed by atoms with E-state index in [9.17, 15) is 14.0 Å². The minimum atomic E-state index is -0.995. The number of hydrogen-bond donors (Lipinski definition) is 1. The lowest BCUT2D eigenvalue weighted by atomic mass is 9.91. The standard InChI is InChI=1S/C15H17FN2O4/c16-12-7-10(18-8-13(14(17)19)22-15(18)20)1-2-11(12)9-3-5-21-6-4-9/h1-2,7,9,13H,3-6,8H2,(H2,17,19). The molecule has 0 aliphatic carbocycles. The monoisotopic (exact) mass is 308 g/mol. The number of nitrogens with two attached hydrogens (primary N) is 1. The van der Waals surface area contributed by atoms with Gasteiger partial charge in [0.15, 0.2) is 6.10 Å². The SMILES string of the molecule is NC(=O)C1CN(c2ccc(C3CCOCC3)c(F)c2)C(=O)O1. The molecule has 2 fully saturated rings. The number of hydrogen-bond acceptors (Lipinski definition) is 4. The Hall–Kier alpha value is -2.15. The van der Waals surface area contributed by atoms with Crippen molar-refractivity contribution < 1.29 is 23.5 Å². The first-order valence-electron chi connectivity index (χ1n) is 7.21. The zero-order chi connectivity index (χ0) is 15.7. The fourth-order valence-corrected chi connectivity index (χ4v) is 2.85. The fraction of sp³-hybridized carbons (Fsp3) is 0.467. The Kier molecular flexibility index (Phi) is 3.98. The van der Waals surface area contributed by atoms with Gasteiger partial charge in [-0.25, -0.2) is 9.18 Å². The van der Waals surface area contributed by atoms with Crippen LogP contribution in [0, 0.1) is 5.82 Å². The number of rotatable bonds is 3. The van der Waals surface area contributed by atoms with Gasteiger partial charge < -0.3 is 15.2 Å². The van der Waals surface area contributed by atoms with E-state index in [4.69, 9.17) is 15.2 Å². The van der Waals surface area contributed by atoms with Gasteiger partial charge in [0.05, 0.1) is 12.2 Å². The van der Waals surface area contributed by atoms with Crippen LogP contribution in [0.5, 0.6) is 0 Å². The first-order valence-corrected chi connectivity index (χ1v) is 7.21. The number of carbonyl (C=O) groups excluding carboxylic acids is 2. The average Bonchev–Trinajstić information content (AvgIpc) is 2.90. The zero-order valence-corrected chi connectivity index (χ0v) is 12.0. The van der Waals surface area contributed by atoms with Crippen LogP contribution in [-0.2, 0) is 14.3 Å². The van der Waals surface area contributed by atoms with Crippen molar-refractivity contribution in [1.29, 1.82) is 0 Å². The van der Waals surface area contributed by atoms with Gasteiger partial charge in [-0.15, -0.1) is 0 Å². The number of nitrogens with zero attached hydrogens (tertiary/aromatic N) is 1. The average molecular weight is 308 g/mol. The largest absolute Gasteiger partial charge is 0.434 e. The van der Waals surface area contributed by atoms with Crippen molar-refractivity contribution in [2.24, 2.45) is 5.73 Å². The van der Waals surface area contributed by atoms with Crippen LogP contribution in [0.25, 0.3) is 0 Å². The van der Waals surface area contributed by atoms with E-state index in [1.807, 2.05) is 0 Å². The highest BCUT2D eigenvalue weighted by Gasteiger charge is 2.36. The van der Waals surface area contributed by atoms with Crippen molar-refractivity contribution in [1.82, 2.24) is 0 Å². The second kappa shape index (κ2) is 5.92. The van der Waals surface area contributed by atoms with Gasteiger partial charge in [0.1, 0.15) is 5.82 Å². The predicted molar refractivity (Wildman–Crippen MR) is 76.0 cm³/mol. The number of amides is 2. The molecule has 6 nitrogen and oxygen atoms in total. The summed E-state index contributed by atoms with van der Waals surface area (Å²) in [6, 6.07) is 4.65. The molecule has 2 N–H and O–H groups in total. The molecule has 0 spiro atoms. The lowest BCUT2D eigenvalue weighted by Crippen LogP contribution is -2.32. The van der Waals surface area contributed by atoms with E-state index in [2.05, 4.69) is 0 Å². The van der Waals surface area contributed by atoms with Crippen LogP contribution in [0.1, 0.15) is 24.3 Å². The summed E-state index contributed by atoms with van der Waals surface area (Å²) in [5.41, 5.74) is 6.12. The summed E-state index contributed by atoms with van der Waals surface area (Å²) in [6.07, 6.45) is -0.120. The molecule has 22 heavy (non-hydrogen) atoms. The summed E-state index contributed by atoms with van der Waals surface area (Å²) in [5.74, 6) is -0.943. The van der Waals surface area contributed by atoms with Crippen molar-refractivity contribution in [3.63, 3.8) is 0 Å². The van der Waals surface area contributed by atoms with Gasteiger partial charge in [0.25, 0.3) is 5.91 Å². The van der Waals surface area contributed by atoms with E-state index in [0.717, 1.165) is 12.8 Å². The summed E-state index contributed by atoms with van der Waals surface area (Å²) < 4.78 is 24.5. The van der Waals surface area contributed by atoms with Crippen molar-refractivity contribution >= 4 is 17.7 Å². The van der Waals surface area contributed by atoms with Crippen LogP contribution in [0.2, 0.25) is 0 Å². The second-order valence-electron chi connectivity index (χ2n) is 5.48. The topological polar surface area (TPSA) is 81.9 Å². The highest BCUT2D eigenvalue weighted by atomic mass is 19.1. The van der Waals surface area contributed by atoms with E-state index in [1.165, 1.54) is 11.0 Å². The Morgan fingerprint density at radius 2 is 2.05 bits per heavy atom. The highest BCUT2D eigenvalue weighted by molar-refractivity contribution is 5.95. The second-order valence-corrected chi connectivity index (χ2v) is 5.48. The Bertz CT molecular complexity index is 601. The van der Waals surface area contributed by atoms with E-state index in [-0.39, 0.29) is 18.3 Å². The molecule has 1 atom stereocenters. The van der Waals surface area contributed by atoms with Crippen LogP contribution in [0.3, 0.4) is 0 Å². The molecular weight excluding hydrogens is 291 g/mol. The molecule has 0 bridgehead atoms. The van der Waals surface area contributed by atoms with Crippen molar-refractivity contribution in [2.75, 3.05) is 24.7 Å².